The van der Waals surface area contributed by atoms with Gasteiger partial charge in [-0.2, -0.15) is 0 Å². The van der Waals surface area contributed by atoms with E-state index in [0.29, 0.717) is 0 Å². The van der Waals surface area contributed by atoms with Crippen LogP contribution in [0.1, 0.15) is 12.5 Å². The smallest absolute Gasteiger partial charge is 0.0483 e. The lowest BCUT2D eigenvalue weighted by Gasteiger charge is -2.05. The Labute approximate surface area is 95.0 Å². The lowest BCUT2D eigenvalue weighted by Crippen LogP contribution is -1.96. The van der Waals surface area contributed by atoms with Crippen LogP contribution in [0.5, 0.6) is 0 Å². The summed E-state index contributed by atoms with van der Waals surface area (Å²) in [7, 11) is 0. The predicted octanol–water partition coefficient (Wildman–Crippen LogP) is 4.09. The lowest BCUT2D eigenvalue weighted by molar-refractivity contribution is 0.821. The fourth-order valence-electron chi connectivity index (χ4n) is 1.76. The number of rotatable bonds is 2. The van der Waals surface area contributed by atoms with Crippen molar-refractivity contribution in [2.24, 2.45) is 0 Å². The zero-order valence-corrected chi connectivity index (χ0v) is 9.75. The topological polar surface area (TPSA) is 4.93 Å². The molecule has 1 nitrogen and oxygen atoms in total. The fraction of sp³-hybridized carbons (Fsp3) is 0.231. The predicted molar refractivity (Wildman–Crippen MR) is 66.3 cm³/mol. The van der Waals surface area contributed by atoms with E-state index in [0.717, 1.165) is 12.1 Å². The van der Waals surface area contributed by atoms with E-state index in [1.165, 1.54) is 16.5 Å². The number of halogens is 1. The Morgan fingerprint density at radius 2 is 2.20 bits per heavy atom. The number of hydrogen-bond acceptors (Lipinski definition) is 0. The maximum absolute atomic E-state index is 5.67. The van der Waals surface area contributed by atoms with Crippen molar-refractivity contribution in [3.8, 4) is 0 Å². The van der Waals surface area contributed by atoms with Crippen molar-refractivity contribution >= 4 is 22.5 Å². The molecule has 0 atom stereocenters. The summed E-state index contributed by atoms with van der Waals surface area (Å²) in [6.45, 7) is 5.00. The second kappa shape index (κ2) is 4.11. The van der Waals surface area contributed by atoms with Crippen molar-refractivity contribution in [1.29, 1.82) is 0 Å². The molecule has 2 rings (SSSR count). The number of fused-ring (bicyclic) bond motifs is 1. The van der Waals surface area contributed by atoms with Gasteiger partial charge in [-0.15, -0.1) is 0 Å². The quantitative estimate of drug-likeness (QED) is 0.717. The Bertz CT molecular complexity index is 508. The molecule has 0 saturated heterocycles. The monoisotopic (exact) mass is 219 g/mol. The van der Waals surface area contributed by atoms with E-state index in [1.54, 1.807) is 5.54 Å². The number of allylic oxidation sites excluding steroid dienone is 1. The molecule has 0 aliphatic rings. The molecule has 15 heavy (non-hydrogen) atoms. The van der Waals surface area contributed by atoms with Crippen LogP contribution in [0.4, 0.5) is 0 Å². The first kappa shape index (κ1) is 10.3. The van der Waals surface area contributed by atoms with Crippen molar-refractivity contribution in [3.63, 3.8) is 0 Å². The van der Waals surface area contributed by atoms with Crippen LogP contribution in [-0.2, 0) is 6.54 Å². The zero-order chi connectivity index (χ0) is 10.8. The van der Waals surface area contributed by atoms with Crippen LogP contribution >= 0.6 is 11.6 Å². The van der Waals surface area contributed by atoms with Gasteiger partial charge in [-0.05, 0) is 43.0 Å². The highest BCUT2D eigenvalue weighted by Gasteiger charge is 2.00. The summed E-state index contributed by atoms with van der Waals surface area (Å²) in [4.78, 5) is 0. The standard InChI is InChI=1S/C13H14ClN/c1-10-3-4-13-12(7-10)5-6-15(13)9-11(2)8-14/h3-8H,9H2,1-2H3/b11-8-. The van der Waals surface area contributed by atoms with Crippen molar-refractivity contribution in [1.82, 2.24) is 4.57 Å². The lowest BCUT2D eigenvalue weighted by atomic mass is 10.2. The molecule has 1 aromatic heterocycles. The first-order valence-electron chi connectivity index (χ1n) is 5.02. The van der Waals surface area contributed by atoms with Gasteiger partial charge in [0.25, 0.3) is 0 Å². The minimum atomic E-state index is 0.857. The minimum Gasteiger partial charge on any atom is -0.343 e. The molecule has 0 amide bonds. The van der Waals surface area contributed by atoms with Gasteiger partial charge in [-0.25, -0.2) is 0 Å². The SMILES string of the molecule is C/C(=C/Cl)Cn1ccc2cc(C)ccc21. The molecule has 78 valence electrons. The van der Waals surface area contributed by atoms with Gasteiger partial charge < -0.3 is 4.57 Å². The second-order valence-electron chi connectivity index (χ2n) is 3.96. The second-order valence-corrected chi connectivity index (χ2v) is 4.18. The summed E-state index contributed by atoms with van der Waals surface area (Å²) in [6.07, 6.45) is 2.11. The highest BCUT2D eigenvalue weighted by atomic mass is 35.5. The molecule has 1 heterocycles. The number of hydrogen-bond donors (Lipinski definition) is 0. The maximum atomic E-state index is 5.67. The van der Waals surface area contributed by atoms with Crippen LogP contribution in [0.2, 0.25) is 0 Å². The molecule has 0 N–H and O–H groups in total. The third-order valence-electron chi connectivity index (χ3n) is 2.53. The molecule has 0 unspecified atom stereocenters. The summed E-state index contributed by atoms with van der Waals surface area (Å²) in [5, 5.41) is 1.29. The fourth-order valence-corrected chi connectivity index (χ4v) is 1.83. The first-order valence-corrected chi connectivity index (χ1v) is 5.45. The average Bonchev–Trinajstić information content (AvgIpc) is 2.60. The average molecular weight is 220 g/mol. The van der Waals surface area contributed by atoms with E-state index in [-0.39, 0.29) is 0 Å². The Morgan fingerprint density at radius 1 is 1.40 bits per heavy atom. The summed E-state index contributed by atoms with van der Waals surface area (Å²) in [5.41, 5.74) is 5.36. The number of benzene rings is 1. The molecule has 0 bridgehead atoms. The van der Waals surface area contributed by atoms with E-state index in [4.69, 9.17) is 11.6 Å². The van der Waals surface area contributed by atoms with Crippen molar-refractivity contribution in [2.45, 2.75) is 20.4 Å². The summed E-state index contributed by atoms with van der Waals surface area (Å²) in [6, 6.07) is 8.64. The van der Waals surface area contributed by atoms with Gasteiger partial charge in [0.2, 0.25) is 0 Å². The number of aryl methyl sites for hydroxylation is 1. The largest absolute Gasteiger partial charge is 0.343 e. The van der Waals surface area contributed by atoms with Crippen LogP contribution < -0.4 is 0 Å². The Hall–Kier alpha value is -1.21. The minimum absolute atomic E-state index is 0.857. The summed E-state index contributed by atoms with van der Waals surface area (Å²) >= 11 is 5.67. The Kier molecular flexibility index (Phi) is 2.83. The molecule has 0 spiro atoms. The molecular weight excluding hydrogens is 206 g/mol. The normalized spacial score (nSPS) is 12.3. The Balaban J connectivity index is 2.45. The zero-order valence-electron chi connectivity index (χ0n) is 9.00. The number of nitrogens with zero attached hydrogens (tertiary/aromatic N) is 1. The first-order chi connectivity index (χ1) is 7.20. The number of aromatic nitrogens is 1. The molecule has 1 aromatic carbocycles. The van der Waals surface area contributed by atoms with Crippen molar-refractivity contribution in [2.75, 3.05) is 0 Å². The van der Waals surface area contributed by atoms with Gasteiger partial charge in [0.15, 0.2) is 0 Å². The van der Waals surface area contributed by atoms with Crippen molar-refractivity contribution < 1.29 is 0 Å². The van der Waals surface area contributed by atoms with E-state index in [9.17, 15) is 0 Å². The Morgan fingerprint density at radius 3 is 2.93 bits per heavy atom. The van der Waals surface area contributed by atoms with Gasteiger partial charge in [0.1, 0.15) is 0 Å². The molecular formula is C13H14ClN. The van der Waals surface area contributed by atoms with Crippen LogP contribution in [0, 0.1) is 6.92 Å². The van der Waals surface area contributed by atoms with Crippen LogP contribution in [0.25, 0.3) is 10.9 Å². The van der Waals surface area contributed by atoms with Gasteiger partial charge in [0, 0.05) is 23.8 Å². The van der Waals surface area contributed by atoms with Gasteiger partial charge in [-0.3, -0.25) is 0 Å². The molecule has 2 aromatic rings. The maximum Gasteiger partial charge on any atom is 0.0483 e. The molecule has 0 aliphatic carbocycles. The molecule has 0 aliphatic heterocycles. The van der Waals surface area contributed by atoms with Crippen LogP contribution in [-0.4, -0.2) is 4.57 Å². The molecule has 0 fully saturated rings. The van der Waals surface area contributed by atoms with Crippen LogP contribution in [0.3, 0.4) is 0 Å². The van der Waals surface area contributed by atoms with Crippen molar-refractivity contribution in [3.05, 3.63) is 47.1 Å². The van der Waals surface area contributed by atoms with E-state index in [2.05, 4.69) is 42.0 Å². The summed E-state index contributed by atoms with van der Waals surface area (Å²) in [5.74, 6) is 0. The third kappa shape index (κ3) is 2.07. The van der Waals surface area contributed by atoms with Gasteiger partial charge >= 0.3 is 0 Å². The van der Waals surface area contributed by atoms with E-state index >= 15 is 0 Å². The highest BCUT2D eigenvalue weighted by molar-refractivity contribution is 6.25. The summed E-state index contributed by atoms with van der Waals surface area (Å²) < 4.78 is 2.21. The highest BCUT2D eigenvalue weighted by Crippen LogP contribution is 2.18. The van der Waals surface area contributed by atoms with E-state index < -0.39 is 0 Å². The van der Waals surface area contributed by atoms with Gasteiger partial charge in [-0.1, -0.05) is 23.2 Å². The van der Waals surface area contributed by atoms with Crippen LogP contribution in [0.15, 0.2) is 41.6 Å². The molecule has 0 radical (unpaired) electrons. The molecule has 0 saturated carbocycles. The van der Waals surface area contributed by atoms with E-state index in [1.807, 2.05) is 6.92 Å². The van der Waals surface area contributed by atoms with Gasteiger partial charge in [0.05, 0.1) is 0 Å². The molecule has 2 heteroatoms. The third-order valence-corrected chi connectivity index (χ3v) is 2.91.